The first-order valence-corrected chi connectivity index (χ1v) is 5.92. The average molecular weight is 183 g/mol. The zero-order valence-corrected chi connectivity index (χ0v) is 9.42. The Kier molecular flexibility index (Phi) is 4.24. The van der Waals surface area contributed by atoms with Crippen LogP contribution in [-0.4, -0.2) is 6.04 Å². The molecule has 2 N–H and O–H groups in total. The van der Waals surface area contributed by atoms with Crippen LogP contribution in [0.5, 0.6) is 0 Å². The van der Waals surface area contributed by atoms with Gasteiger partial charge in [-0.15, -0.1) is 0 Å². The third-order valence-corrected chi connectivity index (χ3v) is 3.44. The molecule has 0 aromatic heterocycles. The fourth-order valence-corrected chi connectivity index (χ4v) is 2.34. The van der Waals surface area contributed by atoms with Crippen molar-refractivity contribution in [2.45, 2.75) is 58.9 Å². The minimum absolute atomic E-state index is 0.499. The van der Waals surface area contributed by atoms with Gasteiger partial charge in [-0.2, -0.15) is 0 Å². The van der Waals surface area contributed by atoms with Crippen molar-refractivity contribution in [2.75, 3.05) is 0 Å². The Hall–Kier alpha value is -0.0400. The van der Waals surface area contributed by atoms with Crippen LogP contribution in [0.1, 0.15) is 52.9 Å². The van der Waals surface area contributed by atoms with Gasteiger partial charge >= 0.3 is 0 Å². The molecule has 0 amide bonds. The first-order valence-electron chi connectivity index (χ1n) is 5.92. The van der Waals surface area contributed by atoms with E-state index in [0.717, 1.165) is 17.8 Å². The van der Waals surface area contributed by atoms with E-state index in [1.54, 1.807) is 0 Å². The van der Waals surface area contributed by atoms with Crippen molar-refractivity contribution >= 4 is 0 Å². The van der Waals surface area contributed by atoms with Crippen LogP contribution in [0, 0.1) is 17.8 Å². The Bertz CT molecular complexity index is 142. The van der Waals surface area contributed by atoms with E-state index in [-0.39, 0.29) is 0 Å². The zero-order chi connectivity index (χ0) is 9.84. The molecule has 1 nitrogen and oxygen atoms in total. The first-order chi connectivity index (χ1) is 6.16. The molecule has 0 radical (unpaired) electrons. The SMILES string of the molecule is CCCCCC(N)C1CC1C(C)C. The van der Waals surface area contributed by atoms with E-state index in [4.69, 9.17) is 5.73 Å². The summed E-state index contributed by atoms with van der Waals surface area (Å²) < 4.78 is 0. The smallest absolute Gasteiger partial charge is 0.00700 e. The topological polar surface area (TPSA) is 26.0 Å². The molecule has 1 rings (SSSR count). The van der Waals surface area contributed by atoms with Gasteiger partial charge in [-0.25, -0.2) is 0 Å². The minimum atomic E-state index is 0.499. The first kappa shape index (κ1) is 11.0. The number of unbranched alkanes of at least 4 members (excludes halogenated alkanes) is 2. The maximum absolute atomic E-state index is 6.15. The molecule has 1 fully saturated rings. The Labute approximate surface area is 83.1 Å². The van der Waals surface area contributed by atoms with Crippen molar-refractivity contribution in [3.05, 3.63) is 0 Å². The van der Waals surface area contributed by atoms with Gasteiger partial charge < -0.3 is 5.73 Å². The Morgan fingerprint density at radius 1 is 1.23 bits per heavy atom. The molecular weight excluding hydrogens is 158 g/mol. The van der Waals surface area contributed by atoms with Gasteiger partial charge in [-0.1, -0.05) is 40.0 Å². The molecule has 0 aromatic rings. The number of nitrogens with two attached hydrogens (primary N) is 1. The molecule has 0 aliphatic heterocycles. The highest BCUT2D eigenvalue weighted by Crippen LogP contribution is 2.46. The van der Waals surface area contributed by atoms with Crippen molar-refractivity contribution in [1.82, 2.24) is 0 Å². The van der Waals surface area contributed by atoms with Gasteiger partial charge in [0.1, 0.15) is 0 Å². The summed E-state index contributed by atoms with van der Waals surface area (Å²) in [5.41, 5.74) is 6.15. The van der Waals surface area contributed by atoms with Crippen molar-refractivity contribution in [2.24, 2.45) is 23.5 Å². The normalized spacial score (nSPS) is 29.3. The van der Waals surface area contributed by atoms with E-state index in [0.29, 0.717) is 6.04 Å². The lowest BCUT2D eigenvalue weighted by molar-refractivity contribution is 0.441. The third kappa shape index (κ3) is 3.30. The summed E-state index contributed by atoms with van der Waals surface area (Å²) in [5.74, 6) is 2.65. The van der Waals surface area contributed by atoms with Crippen LogP contribution in [0.3, 0.4) is 0 Å². The monoisotopic (exact) mass is 183 g/mol. The van der Waals surface area contributed by atoms with Crippen LogP contribution >= 0.6 is 0 Å². The molecule has 0 aromatic carbocycles. The van der Waals surface area contributed by atoms with Gasteiger partial charge in [0.2, 0.25) is 0 Å². The van der Waals surface area contributed by atoms with Gasteiger partial charge in [0, 0.05) is 6.04 Å². The molecule has 3 unspecified atom stereocenters. The standard InChI is InChI=1S/C12H25N/c1-4-5-6-7-12(13)11-8-10(11)9(2)3/h9-12H,4-8,13H2,1-3H3. The lowest BCUT2D eigenvalue weighted by Crippen LogP contribution is -2.23. The molecule has 0 spiro atoms. The van der Waals surface area contributed by atoms with E-state index >= 15 is 0 Å². The lowest BCUT2D eigenvalue weighted by atomic mass is 10.00. The second kappa shape index (κ2) is 4.99. The van der Waals surface area contributed by atoms with E-state index in [2.05, 4.69) is 20.8 Å². The van der Waals surface area contributed by atoms with Crippen LogP contribution in [0.4, 0.5) is 0 Å². The molecule has 0 saturated heterocycles. The van der Waals surface area contributed by atoms with Crippen LogP contribution < -0.4 is 5.73 Å². The van der Waals surface area contributed by atoms with Crippen molar-refractivity contribution in [3.63, 3.8) is 0 Å². The molecule has 1 saturated carbocycles. The summed E-state index contributed by atoms with van der Waals surface area (Å²) >= 11 is 0. The third-order valence-electron chi connectivity index (χ3n) is 3.44. The Balaban J connectivity index is 2.09. The highest BCUT2D eigenvalue weighted by molar-refractivity contribution is 4.94. The second-order valence-corrected chi connectivity index (χ2v) is 4.97. The van der Waals surface area contributed by atoms with Gasteiger partial charge in [0.25, 0.3) is 0 Å². The van der Waals surface area contributed by atoms with E-state index < -0.39 is 0 Å². The Morgan fingerprint density at radius 2 is 1.92 bits per heavy atom. The molecular formula is C12H25N. The van der Waals surface area contributed by atoms with Crippen molar-refractivity contribution in [3.8, 4) is 0 Å². The van der Waals surface area contributed by atoms with Crippen LogP contribution in [0.25, 0.3) is 0 Å². The van der Waals surface area contributed by atoms with Gasteiger partial charge in [0.05, 0.1) is 0 Å². The number of rotatable bonds is 6. The molecule has 78 valence electrons. The van der Waals surface area contributed by atoms with E-state index in [1.807, 2.05) is 0 Å². The fourth-order valence-electron chi connectivity index (χ4n) is 2.34. The summed E-state index contributed by atoms with van der Waals surface area (Å²) in [4.78, 5) is 0. The molecule has 3 atom stereocenters. The largest absolute Gasteiger partial charge is 0.327 e. The Morgan fingerprint density at radius 3 is 2.38 bits per heavy atom. The number of hydrogen-bond donors (Lipinski definition) is 1. The van der Waals surface area contributed by atoms with E-state index in [1.165, 1.54) is 32.1 Å². The van der Waals surface area contributed by atoms with Crippen LogP contribution in [-0.2, 0) is 0 Å². The minimum Gasteiger partial charge on any atom is -0.327 e. The molecule has 1 heteroatoms. The summed E-state index contributed by atoms with van der Waals surface area (Å²) in [7, 11) is 0. The highest BCUT2D eigenvalue weighted by atomic mass is 14.7. The maximum atomic E-state index is 6.15. The summed E-state index contributed by atoms with van der Waals surface area (Å²) in [6.45, 7) is 6.90. The summed E-state index contributed by atoms with van der Waals surface area (Å²) in [5, 5.41) is 0. The average Bonchev–Trinajstić information content (AvgIpc) is 2.83. The molecule has 0 bridgehead atoms. The van der Waals surface area contributed by atoms with Crippen LogP contribution in [0.15, 0.2) is 0 Å². The lowest BCUT2D eigenvalue weighted by Gasteiger charge is -2.11. The summed E-state index contributed by atoms with van der Waals surface area (Å²) in [6, 6.07) is 0.499. The fraction of sp³-hybridized carbons (Fsp3) is 1.00. The number of hydrogen-bond acceptors (Lipinski definition) is 1. The van der Waals surface area contributed by atoms with Gasteiger partial charge in [-0.3, -0.25) is 0 Å². The molecule has 1 aliphatic carbocycles. The van der Waals surface area contributed by atoms with Gasteiger partial charge in [0.15, 0.2) is 0 Å². The quantitative estimate of drug-likeness (QED) is 0.629. The predicted molar refractivity (Wildman–Crippen MR) is 58.6 cm³/mol. The second-order valence-electron chi connectivity index (χ2n) is 4.97. The zero-order valence-electron chi connectivity index (χ0n) is 9.42. The maximum Gasteiger partial charge on any atom is 0.00700 e. The molecule has 0 heterocycles. The van der Waals surface area contributed by atoms with Crippen LogP contribution in [0.2, 0.25) is 0 Å². The van der Waals surface area contributed by atoms with E-state index in [9.17, 15) is 0 Å². The molecule has 1 aliphatic rings. The highest BCUT2D eigenvalue weighted by Gasteiger charge is 2.42. The van der Waals surface area contributed by atoms with Gasteiger partial charge in [-0.05, 0) is 30.6 Å². The summed E-state index contributed by atoms with van der Waals surface area (Å²) in [6.07, 6.45) is 6.64. The molecule has 13 heavy (non-hydrogen) atoms. The van der Waals surface area contributed by atoms with Crippen molar-refractivity contribution in [1.29, 1.82) is 0 Å². The predicted octanol–water partition coefficient (Wildman–Crippen LogP) is 3.19. The van der Waals surface area contributed by atoms with Crippen molar-refractivity contribution < 1.29 is 0 Å².